The van der Waals surface area contributed by atoms with E-state index in [0.717, 1.165) is 5.56 Å². The molecule has 1 aliphatic heterocycles. The van der Waals surface area contributed by atoms with E-state index in [1.165, 1.54) is 9.47 Å². The zero-order chi connectivity index (χ0) is 16.1. The lowest BCUT2D eigenvalue weighted by Gasteiger charge is -2.33. The number of rotatable bonds is 1. The molecular weight excluding hydrogens is 356 g/mol. The number of hydrogen-bond acceptors (Lipinski definition) is 3. The second-order valence-corrected chi connectivity index (χ2v) is 6.65. The van der Waals surface area contributed by atoms with E-state index in [1.807, 2.05) is 13.0 Å². The molecule has 0 radical (unpaired) electrons. The van der Waals surface area contributed by atoms with Crippen molar-refractivity contribution < 1.29 is 8.78 Å². The minimum absolute atomic E-state index is 0.117. The Hall–Kier alpha value is -1.50. The number of aryl methyl sites for hydroxylation is 1. The number of alkyl halides is 2. The van der Waals surface area contributed by atoms with Gasteiger partial charge in [0.05, 0.1) is 17.4 Å². The molecule has 22 heavy (non-hydrogen) atoms. The summed E-state index contributed by atoms with van der Waals surface area (Å²) in [6, 6.07) is 3.63. The zero-order valence-corrected chi connectivity index (χ0v) is 14.0. The molecule has 0 amide bonds. The molecule has 3 rings (SSSR count). The highest BCUT2D eigenvalue weighted by Crippen LogP contribution is 2.30. The van der Waals surface area contributed by atoms with Crippen LogP contribution in [0.4, 0.5) is 14.7 Å². The van der Waals surface area contributed by atoms with E-state index in [-0.39, 0.29) is 12.0 Å². The minimum atomic E-state index is -2.74. The number of aromatic nitrogens is 2. The second kappa shape index (κ2) is 5.30. The molecule has 0 atom stereocenters. The van der Waals surface area contributed by atoms with Gasteiger partial charge in [-0.3, -0.25) is 9.36 Å². The number of hydrogen-bond donors (Lipinski definition) is 0. The van der Waals surface area contributed by atoms with E-state index in [1.54, 1.807) is 13.1 Å². The van der Waals surface area contributed by atoms with Crippen molar-refractivity contribution in [3.8, 4) is 0 Å². The normalized spacial score (nSPS) is 18.0. The van der Waals surface area contributed by atoms with E-state index in [0.29, 0.717) is 34.3 Å². The summed E-state index contributed by atoms with van der Waals surface area (Å²) in [5.74, 6) is -2.45. The average Bonchev–Trinajstić information content (AvgIpc) is 2.42. The first-order chi connectivity index (χ1) is 10.3. The van der Waals surface area contributed by atoms with Crippen LogP contribution >= 0.6 is 15.9 Å². The summed E-state index contributed by atoms with van der Waals surface area (Å²) in [4.78, 5) is 18.5. The number of piperidine rings is 1. The van der Waals surface area contributed by atoms with Crippen molar-refractivity contribution >= 4 is 32.8 Å². The van der Waals surface area contributed by atoms with Crippen LogP contribution in [0.5, 0.6) is 0 Å². The van der Waals surface area contributed by atoms with Crippen molar-refractivity contribution in [2.75, 3.05) is 18.0 Å². The van der Waals surface area contributed by atoms with Gasteiger partial charge in [-0.05, 0) is 47.0 Å². The number of fused-ring (bicyclic) bond motifs is 1. The Morgan fingerprint density at radius 3 is 2.77 bits per heavy atom. The first kappa shape index (κ1) is 15.4. The van der Waals surface area contributed by atoms with Gasteiger partial charge in [0, 0.05) is 24.5 Å². The van der Waals surface area contributed by atoms with Crippen molar-refractivity contribution in [3.63, 3.8) is 0 Å². The van der Waals surface area contributed by atoms with E-state index in [2.05, 4.69) is 20.9 Å². The van der Waals surface area contributed by atoms with E-state index in [9.17, 15) is 13.6 Å². The number of nitrogens with zero attached hydrogens (tertiary/aromatic N) is 3. The first-order valence-corrected chi connectivity index (χ1v) is 7.87. The summed E-state index contributed by atoms with van der Waals surface area (Å²) in [5.41, 5.74) is 1.23. The Morgan fingerprint density at radius 2 is 2.09 bits per heavy atom. The number of halogens is 3. The van der Waals surface area contributed by atoms with E-state index >= 15 is 0 Å². The van der Waals surface area contributed by atoms with Crippen LogP contribution in [0.15, 0.2) is 21.4 Å². The average molecular weight is 372 g/mol. The molecule has 0 spiro atoms. The molecule has 1 aliphatic rings. The zero-order valence-electron chi connectivity index (χ0n) is 12.4. The molecule has 1 saturated heterocycles. The van der Waals surface area contributed by atoms with Gasteiger partial charge in [-0.2, -0.15) is 0 Å². The van der Waals surface area contributed by atoms with Gasteiger partial charge in [-0.15, -0.1) is 0 Å². The van der Waals surface area contributed by atoms with Crippen LogP contribution in [0.3, 0.4) is 0 Å². The van der Waals surface area contributed by atoms with Crippen LogP contribution in [0, 0.1) is 6.92 Å². The van der Waals surface area contributed by atoms with Crippen LogP contribution in [0.2, 0.25) is 0 Å². The topological polar surface area (TPSA) is 38.1 Å². The highest BCUT2D eigenvalue weighted by Gasteiger charge is 2.36. The standard InChI is InChI=1S/C15H16BrF2N3O/c1-9-6-10-12(11(16)7-9)19-14(20(2)13(10)22)21-5-3-4-15(17,18)8-21/h6-7H,3-5,8H2,1-2H3. The fraction of sp³-hybridized carbons (Fsp3) is 0.467. The SMILES string of the molecule is Cc1cc(Br)c2nc(N3CCCC(F)(F)C3)n(C)c(=O)c2c1. The van der Waals surface area contributed by atoms with Crippen LogP contribution in [-0.2, 0) is 7.05 Å². The van der Waals surface area contributed by atoms with Crippen LogP contribution < -0.4 is 10.5 Å². The van der Waals surface area contributed by atoms with Gasteiger partial charge in [-0.25, -0.2) is 13.8 Å². The third-order valence-electron chi connectivity index (χ3n) is 3.93. The maximum Gasteiger partial charge on any atom is 0.265 e. The third-order valence-corrected chi connectivity index (χ3v) is 4.53. The minimum Gasteiger partial charge on any atom is -0.336 e. The molecule has 7 heteroatoms. The lowest BCUT2D eigenvalue weighted by Crippen LogP contribution is -2.45. The Kier molecular flexibility index (Phi) is 3.71. The van der Waals surface area contributed by atoms with Gasteiger partial charge < -0.3 is 4.90 Å². The van der Waals surface area contributed by atoms with Gasteiger partial charge >= 0.3 is 0 Å². The van der Waals surface area contributed by atoms with Crippen molar-refractivity contribution in [2.45, 2.75) is 25.7 Å². The summed E-state index contributed by atoms with van der Waals surface area (Å²) in [6.45, 7) is 1.97. The molecule has 0 unspecified atom stereocenters. The third kappa shape index (κ3) is 2.62. The predicted octanol–water partition coefficient (Wildman–Crippen LogP) is 3.24. The van der Waals surface area contributed by atoms with Crippen molar-refractivity contribution in [1.82, 2.24) is 9.55 Å². The molecule has 2 heterocycles. The van der Waals surface area contributed by atoms with Crippen LogP contribution in [-0.4, -0.2) is 28.6 Å². The quantitative estimate of drug-likeness (QED) is 0.772. The molecule has 1 fully saturated rings. The Labute approximate surface area is 134 Å². The van der Waals surface area contributed by atoms with Crippen LogP contribution in [0.25, 0.3) is 10.9 Å². The molecule has 0 N–H and O–H groups in total. The van der Waals surface area contributed by atoms with Gasteiger partial charge in [0.2, 0.25) is 5.95 Å². The highest BCUT2D eigenvalue weighted by atomic mass is 79.9. The van der Waals surface area contributed by atoms with Crippen molar-refractivity contribution in [3.05, 3.63) is 32.5 Å². The molecule has 0 bridgehead atoms. The highest BCUT2D eigenvalue weighted by molar-refractivity contribution is 9.10. The van der Waals surface area contributed by atoms with E-state index < -0.39 is 12.5 Å². The van der Waals surface area contributed by atoms with Gasteiger partial charge in [0.1, 0.15) is 0 Å². The summed E-state index contributed by atoms with van der Waals surface area (Å²) >= 11 is 3.41. The fourth-order valence-corrected chi connectivity index (χ4v) is 3.54. The largest absolute Gasteiger partial charge is 0.336 e. The van der Waals surface area contributed by atoms with Crippen molar-refractivity contribution in [1.29, 1.82) is 0 Å². The molecule has 4 nitrogen and oxygen atoms in total. The summed E-state index contributed by atoms with van der Waals surface area (Å²) < 4.78 is 29.4. The maximum atomic E-state index is 13.7. The monoisotopic (exact) mass is 371 g/mol. The van der Waals surface area contributed by atoms with Gasteiger partial charge in [0.15, 0.2) is 0 Å². The molecule has 0 aliphatic carbocycles. The molecule has 1 aromatic heterocycles. The Bertz CT molecular complexity index is 803. The molecule has 1 aromatic carbocycles. The molecule has 2 aromatic rings. The van der Waals surface area contributed by atoms with Gasteiger partial charge in [0.25, 0.3) is 11.5 Å². The lowest BCUT2D eigenvalue weighted by atomic mass is 10.1. The number of benzene rings is 1. The summed E-state index contributed by atoms with van der Waals surface area (Å²) in [5, 5.41) is 0.488. The fourth-order valence-electron chi connectivity index (χ4n) is 2.88. The summed E-state index contributed by atoms with van der Waals surface area (Å²) in [7, 11) is 1.58. The Balaban J connectivity index is 2.19. The summed E-state index contributed by atoms with van der Waals surface area (Å²) in [6.07, 6.45) is 0.268. The molecule has 0 saturated carbocycles. The van der Waals surface area contributed by atoms with Gasteiger partial charge in [-0.1, -0.05) is 0 Å². The molecular formula is C15H16BrF2N3O. The predicted molar refractivity (Wildman–Crippen MR) is 85.8 cm³/mol. The smallest absolute Gasteiger partial charge is 0.265 e. The second-order valence-electron chi connectivity index (χ2n) is 5.80. The molecule has 118 valence electrons. The first-order valence-electron chi connectivity index (χ1n) is 7.08. The Morgan fingerprint density at radius 1 is 1.36 bits per heavy atom. The maximum absolute atomic E-state index is 13.7. The van der Waals surface area contributed by atoms with E-state index in [4.69, 9.17) is 0 Å². The van der Waals surface area contributed by atoms with Crippen LogP contribution in [0.1, 0.15) is 18.4 Å². The van der Waals surface area contributed by atoms with Crippen molar-refractivity contribution in [2.24, 2.45) is 7.05 Å². The number of anilines is 1. The lowest BCUT2D eigenvalue weighted by molar-refractivity contribution is -0.0122.